The highest BCUT2D eigenvalue weighted by Gasteiger charge is 2.38. The third-order valence-electron chi connectivity index (χ3n) is 7.35. The number of alkyl carbamates (subject to hydrolysis) is 1. The average Bonchev–Trinajstić information content (AvgIpc) is 2.99. The Morgan fingerprint density at radius 2 is 1.32 bits per heavy atom. The fourth-order valence-corrected chi connectivity index (χ4v) is 4.67. The summed E-state index contributed by atoms with van der Waals surface area (Å²) in [5.74, 6) is -4.01. The molecule has 50 heavy (non-hydrogen) atoms. The molecule has 0 aliphatic heterocycles. The summed E-state index contributed by atoms with van der Waals surface area (Å²) in [6.07, 6.45) is 0.157. The molecule has 0 unspecified atom stereocenters. The molecule has 0 rings (SSSR count). The molecule has 286 valence electrons. The number of nitrogens with zero attached hydrogens (tertiary/aromatic N) is 1. The maximum atomic E-state index is 13.8. The van der Waals surface area contributed by atoms with Crippen LogP contribution in [0.4, 0.5) is 4.79 Å². The molecule has 0 saturated carbocycles. The zero-order valence-electron chi connectivity index (χ0n) is 32.1. The van der Waals surface area contributed by atoms with Crippen molar-refractivity contribution in [1.29, 1.82) is 0 Å². The van der Waals surface area contributed by atoms with E-state index < -0.39 is 76.9 Å². The second kappa shape index (κ2) is 21.1. The van der Waals surface area contributed by atoms with E-state index in [1.54, 1.807) is 47.7 Å². The van der Waals surface area contributed by atoms with Gasteiger partial charge in [-0.05, 0) is 65.7 Å². The van der Waals surface area contributed by atoms with E-state index in [1.807, 2.05) is 34.6 Å². The SMILES string of the molecule is CCOC(=O)CC[C@@H](NC(=O)[C@@H](CCC(=O)OC)NC(=O)/C(C)=C/[C@H](C(C)C)N(C)C(=O)[C@@H](NC(=O)OC(C)(C)C)C(C)(C)C)C(=O)OCC. The van der Waals surface area contributed by atoms with Gasteiger partial charge in [0.2, 0.25) is 17.7 Å². The number of hydrogen-bond acceptors (Lipinski definition) is 11. The topological polar surface area (TPSA) is 196 Å². The van der Waals surface area contributed by atoms with Gasteiger partial charge >= 0.3 is 24.0 Å². The molecule has 0 aromatic carbocycles. The van der Waals surface area contributed by atoms with Crippen LogP contribution >= 0.6 is 0 Å². The minimum absolute atomic E-state index is 0.0264. The van der Waals surface area contributed by atoms with Crippen molar-refractivity contribution in [2.24, 2.45) is 11.3 Å². The smallest absolute Gasteiger partial charge is 0.408 e. The lowest BCUT2D eigenvalue weighted by atomic mass is 9.85. The maximum absolute atomic E-state index is 13.8. The number of amides is 4. The first kappa shape index (κ1) is 45.8. The number of ether oxygens (including phenoxy) is 4. The molecule has 4 atom stereocenters. The van der Waals surface area contributed by atoms with E-state index in [0.29, 0.717) is 0 Å². The van der Waals surface area contributed by atoms with Crippen LogP contribution in [0.3, 0.4) is 0 Å². The molecule has 0 saturated heterocycles. The van der Waals surface area contributed by atoms with Crippen LogP contribution in [0.1, 0.15) is 102 Å². The van der Waals surface area contributed by atoms with E-state index >= 15 is 0 Å². The van der Waals surface area contributed by atoms with Crippen LogP contribution in [-0.2, 0) is 47.7 Å². The standard InChI is InChI=1S/C35H60N4O11/c1-14-48-27(41)19-17-24(32(45)49-15-2)37-30(43)23(16-18-26(40)47-13)36-29(42)22(5)20-25(21(3)4)39(12)31(44)28(34(6,7)8)38-33(46)50-35(9,10)11/h20-21,23-25,28H,14-19H2,1-13H3,(H,36,42)(H,37,43)(H,38,46)/b22-20+/t23-,24-,25-,28-/m1/s1. The number of nitrogens with one attached hydrogen (secondary N) is 3. The number of methoxy groups -OCH3 is 1. The highest BCUT2D eigenvalue weighted by molar-refractivity contribution is 5.97. The van der Waals surface area contributed by atoms with E-state index in [4.69, 9.17) is 18.9 Å². The lowest BCUT2D eigenvalue weighted by Gasteiger charge is -2.37. The van der Waals surface area contributed by atoms with Crippen molar-refractivity contribution in [3.8, 4) is 0 Å². The van der Waals surface area contributed by atoms with Crippen molar-refractivity contribution in [1.82, 2.24) is 20.9 Å². The Bertz CT molecular complexity index is 1220. The Morgan fingerprint density at radius 1 is 0.780 bits per heavy atom. The average molecular weight is 713 g/mol. The fraction of sp³-hybridized carbons (Fsp3) is 0.743. The van der Waals surface area contributed by atoms with Gasteiger partial charge < -0.3 is 39.8 Å². The number of esters is 3. The van der Waals surface area contributed by atoms with E-state index in [0.717, 1.165) is 0 Å². The summed E-state index contributed by atoms with van der Waals surface area (Å²) in [6, 6.07) is -4.09. The minimum atomic E-state index is -1.29. The molecule has 0 aromatic heterocycles. The molecule has 0 spiro atoms. The van der Waals surface area contributed by atoms with E-state index in [1.165, 1.54) is 18.9 Å². The second-order valence-electron chi connectivity index (χ2n) is 14.3. The van der Waals surface area contributed by atoms with Crippen molar-refractivity contribution in [2.45, 2.75) is 132 Å². The number of hydrogen-bond donors (Lipinski definition) is 3. The van der Waals surface area contributed by atoms with Crippen LogP contribution < -0.4 is 16.0 Å². The summed E-state index contributed by atoms with van der Waals surface area (Å²) in [5, 5.41) is 7.84. The predicted octanol–water partition coefficient (Wildman–Crippen LogP) is 3.18. The quantitative estimate of drug-likeness (QED) is 0.107. The molecule has 15 nitrogen and oxygen atoms in total. The molecule has 0 radical (unpaired) electrons. The molecular weight excluding hydrogens is 652 g/mol. The van der Waals surface area contributed by atoms with Gasteiger partial charge in [0, 0.05) is 25.5 Å². The van der Waals surface area contributed by atoms with Gasteiger partial charge in [0.05, 0.1) is 26.4 Å². The number of carbonyl (C=O) groups excluding carboxylic acids is 7. The van der Waals surface area contributed by atoms with Crippen LogP contribution in [0.2, 0.25) is 0 Å². The Balaban J connectivity index is 6.28. The van der Waals surface area contributed by atoms with Crippen LogP contribution in [0.5, 0.6) is 0 Å². The number of carbonyl (C=O) groups is 7. The van der Waals surface area contributed by atoms with Crippen LogP contribution in [0.15, 0.2) is 11.6 Å². The van der Waals surface area contributed by atoms with Gasteiger partial charge in [-0.25, -0.2) is 9.59 Å². The normalized spacial score (nSPS) is 14.3. The molecule has 0 fully saturated rings. The molecule has 4 amide bonds. The zero-order chi connectivity index (χ0) is 39.0. The maximum Gasteiger partial charge on any atom is 0.408 e. The Hall–Kier alpha value is -4.17. The largest absolute Gasteiger partial charge is 0.469 e. The first-order chi connectivity index (χ1) is 23.0. The predicted molar refractivity (Wildman–Crippen MR) is 185 cm³/mol. The van der Waals surface area contributed by atoms with Crippen LogP contribution in [0.25, 0.3) is 0 Å². The lowest BCUT2D eigenvalue weighted by Crippen LogP contribution is -2.57. The summed E-state index contributed by atoms with van der Waals surface area (Å²) in [5.41, 5.74) is -1.31. The molecular formula is C35H60N4O11. The summed E-state index contributed by atoms with van der Waals surface area (Å²) in [6.45, 7) is 19.2. The van der Waals surface area contributed by atoms with Gasteiger partial charge in [-0.15, -0.1) is 0 Å². The van der Waals surface area contributed by atoms with Crippen molar-refractivity contribution in [2.75, 3.05) is 27.4 Å². The van der Waals surface area contributed by atoms with Crippen molar-refractivity contribution >= 4 is 41.7 Å². The fourth-order valence-electron chi connectivity index (χ4n) is 4.67. The van der Waals surface area contributed by atoms with Crippen LogP contribution in [0, 0.1) is 11.3 Å². The summed E-state index contributed by atoms with van der Waals surface area (Å²) in [7, 11) is 2.76. The lowest BCUT2D eigenvalue weighted by molar-refractivity contribution is -0.149. The molecule has 0 aliphatic rings. The zero-order valence-corrected chi connectivity index (χ0v) is 32.1. The summed E-state index contributed by atoms with van der Waals surface area (Å²) < 4.78 is 20.1. The van der Waals surface area contributed by atoms with Crippen molar-refractivity contribution in [3.05, 3.63) is 11.6 Å². The van der Waals surface area contributed by atoms with E-state index in [9.17, 15) is 33.6 Å². The van der Waals surface area contributed by atoms with E-state index in [-0.39, 0.29) is 50.4 Å². The first-order valence-corrected chi connectivity index (χ1v) is 16.9. The van der Waals surface area contributed by atoms with Gasteiger partial charge in [0.1, 0.15) is 23.7 Å². The second-order valence-corrected chi connectivity index (χ2v) is 14.3. The first-order valence-electron chi connectivity index (χ1n) is 16.9. The van der Waals surface area contributed by atoms with Crippen LogP contribution in [-0.4, -0.2) is 104 Å². The highest BCUT2D eigenvalue weighted by atomic mass is 16.6. The van der Waals surface area contributed by atoms with Gasteiger partial charge in [-0.1, -0.05) is 40.7 Å². The Labute approximate surface area is 296 Å². The third-order valence-corrected chi connectivity index (χ3v) is 7.35. The molecule has 0 heterocycles. The van der Waals surface area contributed by atoms with Gasteiger partial charge in [0.25, 0.3) is 0 Å². The third kappa shape index (κ3) is 17.0. The Morgan fingerprint density at radius 3 is 1.80 bits per heavy atom. The van der Waals surface area contributed by atoms with E-state index in [2.05, 4.69) is 16.0 Å². The van der Waals surface area contributed by atoms with Gasteiger partial charge in [-0.2, -0.15) is 0 Å². The molecule has 15 heteroatoms. The number of rotatable bonds is 18. The minimum Gasteiger partial charge on any atom is -0.469 e. The molecule has 0 aromatic rings. The molecule has 0 bridgehead atoms. The molecule has 3 N–H and O–H groups in total. The number of likely N-dealkylation sites (N-methyl/N-ethyl adjacent to an activating group) is 1. The monoisotopic (exact) mass is 712 g/mol. The Kier molecular flexibility index (Phi) is 19.4. The van der Waals surface area contributed by atoms with Crippen molar-refractivity contribution in [3.63, 3.8) is 0 Å². The molecule has 0 aliphatic carbocycles. The van der Waals surface area contributed by atoms with Crippen molar-refractivity contribution < 1.29 is 52.5 Å². The van der Waals surface area contributed by atoms with Gasteiger partial charge in [0.15, 0.2) is 0 Å². The summed E-state index contributed by atoms with van der Waals surface area (Å²) >= 11 is 0. The highest BCUT2D eigenvalue weighted by Crippen LogP contribution is 2.24. The van der Waals surface area contributed by atoms with Gasteiger partial charge in [-0.3, -0.25) is 24.0 Å². The summed E-state index contributed by atoms with van der Waals surface area (Å²) in [4.78, 5) is 91.4.